The monoisotopic (exact) mass is 445 g/mol. The molecule has 0 amide bonds. The van der Waals surface area contributed by atoms with Crippen LogP contribution in [0, 0.1) is 18.3 Å². The summed E-state index contributed by atoms with van der Waals surface area (Å²) in [6.07, 6.45) is 1.69. The van der Waals surface area contributed by atoms with Gasteiger partial charge in [0.2, 0.25) is 0 Å². The van der Waals surface area contributed by atoms with E-state index in [0.717, 1.165) is 30.3 Å². The first-order chi connectivity index (χ1) is 14.4. The molecule has 5 rings (SSSR count). The molecule has 0 saturated heterocycles. The van der Waals surface area contributed by atoms with Crippen LogP contribution in [-0.4, -0.2) is 11.6 Å². The van der Waals surface area contributed by atoms with Crippen LogP contribution in [0.1, 0.15) is 36.7 Å². The Hall–Kier alpha value is -3.04. The number of thiophene rings is 2. The second-order valence-corrected chi connectivity index (χ2v) is 9.65. The molecule has 30 heavy (non-hydrogen) atoms. The van der Waals surface area contributed by atoms with Gasteiger partial charge >= 0.3 is 0 Å². The minimum absolute atomic E-state index is 0.188. The van der Waals surface area contributed by atoms with Gasteiger partial charge in [0, 0.05) is 35.3 Å². The van der Waals surface area contributed by atoms with Crippen molar-refractivity contribution in [1.82, 2.24) is 0 Å². The summed E-state index contributed by atoms with van der Waals surface area (Å²) in [5.74, 6) is -0.517. The zero-order valence-electron chi connectivity index (χ0n) is 15.7. The van der Waals surface area contributed by atoms with Gasteiger partial charge in [-0.15, -0.1) is 22.7 Å². The summed E-state index contributed by atoms with van der Waals surface area (Å²) in [5, 5.41) is 9.43. The normalized spacial score (nSPS) is 14.5. The second kappa shape index (κ2) is 7.03. The van der Waals surface area contributed by atoms with Crippen LogP contribution in [0.4, 0.5) is 0 Å². The van der Waals surface area contributed by atoms with Gasteiger partial charge in [-0.25, -0.2) is 0 Å². The summed E-state index contributed by atoms with van der Waals surface area (Å²) in [7, 11) is 0. The number of nitriles is 1. The molecule has 1 aliphatic rings. The molecule has 0 N–H and O–H groups in total. The Bertz CT molecular complexity index is 1370. The van der Waals surface area contributed by atoms with Crippen LogP contribution in [-0.2, 0) is 0 Å². The first-order valence-corrected chi connectivity index (χ1v) is 11.1. The number of nitrogens with zero attached hydrogens (tertiary/aromatic N) is 1. The minimum atomic E-state index is -0.271. The number of benzene rings is 2. The Morgan fingerprint density at radius 2 is 1.60 bits per heavy atom. The van der Waals surface area contributed by atoms with E-state index >= 15 is 0 Å². The molecular weight excluding hydrogens is 434 g/mol. The van der Waals surface area contributed by atoms with Gasteiger partial charge in [-0.2, -0.15) is 5.26 Å². The smallest absolute Gasteiger partial charge is 0.197 e. The molecule has 3 nitrogen and oxygen atoms in total. The van der Waals surface area contributed by atoms with E-state index in [4.69, 9.17) is 16.9 Å². The Morgan fingerprint density at radius 1 is 0.933 bits per heavy atom. The molecule has 0 fully saturated rings. The van der Waals surface area contributed by atoms with Gasteiger partial charge in [0.25, 0.3) is 0 Å². The van der Waals surface area contributed by atoms with Crippen molar-refractivity contribution in [2.24, 2.45) is 0 Å². The maximum atomic E-state index is 12.8. The number of fused-ring (bicyclic) bond motifs is 2. The van der Waals surface area contributed by atoms with Crippen molar-refractivity contribution in [2.75, 3.05) is 0 Å². The minimum Gasteiger partial charge on any atom is -0.288 e. The van der Waals surface area contributed by atoms with E-state index in [-0.39, 0.29) is 17.1 Å². The number of rotatable bonds is 2. The lowest BCUT2D eigenvalue weighted by Crippen LogP contribution is -1.99. The van der Waals surface area contributed by atoms with E-state index in [1.165, 1.54) is 0 Å². The molecule has 144 valence electrons. The maximum absolute atomic E-state index is 12.8. The number of allylic oxidation sites excluding steroid dienone is 1. The van der Waals surface area contributed by atoms with Gasteiger partial charge in [-0.3, -0.25) is 9.59 Å². The lowest BCUT2D eigenvalue weighted by Gasteiger charge is -2.00. The molecule has 0 radical (unpaired) electrons. The molecule has 2 aromatic carbocycles. The fraction of sp³-hybridized carbons (Fsp3) is 0.0417. The Kier molecular flexibility index (Phi) is 4.44. The van der Waals surface area contributed by atoms with Crippen LogP contribution < -0.4 is 0 Å². The fourth-order valence-corrected chi connectivity index (χ4v) is 6.02. The number of halogens is 1. The SMILES string of the molecule is Cc1cc2c(cc1Cl)C(=O)/C(=C\c1cc3sc(-c4ccc(C#N)cc4)cc3s1)C2=O. The molecule has 2 aromatic heterocycles. The average Bonchev–Trinajstić information content (AvgIpc) is 3.37. The largest absolute Gasteiger partial charge is 0.288 e. The quantitative estimate of drug-likeness (QED) is 0.248. The summed E-state index contributed by atoms with van der Waals surface area (Å²) in [5.41, 5.74) is 3.47. The Balaban J connectivity index is 1.49. The number of ketones is 2. The molecule has 4 aromatic rings. The van der Waals surface area contributed by atoms with Crippen LogP contribution in [0.25, 0.3) is 25.9 Å². The second-order valence-electron chi connectivity index (χ2n) is 7.04. The fourth-order valence-electron chi connectivity index (χ4n) is 3.50. The van der Waals surface area contributed by atoms with Gasteiger partial charge in [0.05, 0.1) is 17.2 Å². The molecule has 0 atom stereocenters. The Morgan fingerprint density at radius 3 is 2.27 bits per heavy atom. The highest BCUT2D eigenvalue weighted by Crippen LogP contribution is 2.40. The van der Waals surface area contributed by atoms with Crippen molar-refractivity contribution in [2.45, 2.75) is 6.92 Å². The zero-order valence-corrected chi connectivity index (χ0v) is 18.0. The molecule has 0 saturated carbocycles. The van der Waals surface area contributed by atoms with Gasteiger partial charge < -0.3 is 0 Å². The van der Waals surface area contributed by atoms with Gasteiger partial charge in [0.1, 0.15) is 0 Å². The highest BCUT2D eigenvalue weighted by Gasteiger charge is 2.33. The van der Waals surface area contributed by atoms with E-state index in [9.17, 15) is 9.59 Å². The third-order valence-corrected chi connectivity index (χ3v) is 7.79. The van der Waals surface area contributed by atoms with Gasteiger partial charge in [-0.1, -0.05) is 23.7 Å². The van der Waals surface area contributed by atoms with Crippen molar-refractivity contribution in [3.05, 3.63) is 86.3 Å². The number of hydrogen-bond acceptors (Lipinski definition) is 5. The predicted octanol–water partition coefficient (Wildman–Crippen LogP) is 6.93. The standard InChI is InChI=1S/C24H12ClNO2S2/c1-12-6-16-17(9-19(12)25)24(28)18(23(16)27)7-15-8-21-22(29-15)10-20(30-21)14-4-2-13(11-26)3-5-14/h2-10H,1H3/b18-7-. The van der Waals surface area contributed by atoms with Crippen molar-refractivity contribution in [1.29, 1.82) is 5.26 Å². The number of aryl methyl sites for hydroxylation is 1. The highest BCUT2D eigenvalue weighted by atomic mass is 35.5. The number of carbonyl (C=O) groups is 2. The summed E-state index contributed by atoms with van der Waals surface area (Å²) in [6, 6.07) is 17.0. The van der Waals surface area contributed by atoms with E-state index in [0.29, 0.717) is 21.7 Å². The molecule has 1 aliphatic carbocycles. The van der Waals surface area contributed by atoms with E-state index < -0.39 is 0 Å². The predicted molar refractivity (Wildman–Crippen MR) is 123 cm³/mol. The topological polar surface area (TPSA) is 57.9 Å². The van der Waals surface area contributed by atoms with E-state index in [1.54, 1.807) is 40.9 Å². The van der Waals surface area contributed by atoms with Crippen LogP contribution in [0.5, 0.6) is 0 Å². The number of Topliss-reactive ketones (excluding diaryl/α,β-unsaturated/α-hetero) is 2. The Labute approximate surface area is 185 Å². The molecule has 0 aliphatic heterocycles. The van der Waals surface area contributed by atoms with Crippen LogP contribution in [0.15, 0.2) is 54.1 Å². The third kappa shape index (κ3) is 3.01. The van der Waals surface area contributed by atoms with E-state index in [2.05, 4.69) is 12.1 Å². The first kappa shape index (κ1) is 19.0. The third-order valence-electron chi connectivity index (χ3n) is 5.09. The highest BCUT2D eigenvalue weighted by molar-refractivity contribution is 7.29. The van der Waals surface area contributed by atoms with Crippen LogP contribution in [0.2, 0.25) is 5.02 Å². The summed E-state index contributed by atoms with van der Waals surface area (Å²) in [4.78, 5) is 27.5. The number of carbonyl (C=O) groups excluding carboxylic acids is 2. The summed E-state index contributed by atoms with van der Waals surface area (Å²) in [6.45, 7) is 1.82. The van der Waals surface area contributed by atoms with Crippen molar-refractivity contribution in [3.8, 4) is 16.5 Å². The van der Waals surface area contributed by atoms with Crippen molar-refractivity contribution >= 4 is 61.3 Å². The summed E-state index contributed by atoms with van der Waals surface area (Å²) >= 11 is 9.33. The van der Waals surface area contributed by atoms with Crippen LogP contribution in [0.3, 0.4) is 0 Å². The lowest BCUT2D eigenvalue weighted by molar-refractivity contribution is 0.0990. The first-order valence-electron chi connectivity index (χ1n) is 9.10. The molecular formula is C24H12ClNO2S2. The van der Waals surface area contributed by atoms with Crippen LogP contribution >= 0.6 is 34.3 Å². The summed E-state index contributed by atoms with van der Waals surface area (Å²) < 4.78 is 2.20. The lowest BCUT2D eigenvalue weighted by atomic mass is 10.1. The van der Waals surface area contributed by atoms with Crippen molar-refractivity contribution < 1.29 is 9.59 Å². The van der Waals surface area contributed by atoms with Gasteiger partial charge in [-0.05, 0) is 60.5 Å². The maximum Gasteiger partial charge on any atom is 0.197 e. The molecule has 0 bridgehead atoms. The molecule has 6 heteroatoms. The number of hydrogen-bond donors (Lipinski definition) is 0. The molecule has 2 heterocycles. The average molecular weight is 446 g/mol. The van der Waals surface area contributed by atoms with Crippen molar-refractivity contribution in [3.63, 3.8) is 0 Å². The molecule has 0 unspecified atom stereocenters. The molecule has 0 spiro atoms. The zero-order chi connectivity index (χ0) is 21.0. The van der Waals surface area contributed by atoms with E-state index in [1.807, 2.05) is 37.3 Å². The van der Waals surface area contributed by atoms with Gasteiger partial charge in [0.15, 0.2) is 11.6 Å².